The van der Waals surface area contributed by atoms with Crippen LogP contribution in [-0.4, -0.2) is 18.1 Å². The number of hydrazone groups is 1. The van der Waals surface area contributed by atoms with Gasteiger partial charge in [0.15, 0.2) is 0 Å². The van der Waals surface area contributed by atoms with Gasteiger partial charge in [-0.3, -0.25) is 4.79 Å². The Labute approximate surface area is 178 Å². The van der Waals surface area contributed by atoms with E-state index in [2.05, 4.69) is 42.4 Å². The summed E-state index contributed by atoms with van der Waals surface area (Å²) in [7, 11) is 0. The number of esters is 1. The SMILES string of the molecule is O=C(Oc1ccc(Br)cc1/C=N/NC(=O)c1ccccc1Br)c1ccccc1. The average molecular weight is 502 g/mol. The number of carbonyl (C=O) groups excluding carboxylic acids is 2. The van der Waals surface area contributed by atoms with E-state index < -0.39 is 5.97 Å². The van der Waals surface area contributed by atoms with Gasteiger partial charge in [-0.05, 0) is 58.4 Å². The second-order valence-electron chi connectivity index (χ2n) is 5.62. The molecule has 0 fully saturated rings. The van der Waals surface area contributed by atoms with E-state index in [9.17, 15) is 9.59 Å². The van der Waals surface area contributed by atoms with Crippen molar-refractivity contribution in [2.75, 3.05) is 0 Å². The van der Waals surface area contributed by atoms with Gasteiger partial charge >= 0.3 is 5.97 Å². The van der Waals surface area contributed by atoms with Crippen molar-refractivity contribution in [2.24, 2.45) is 5.10 Å². The van der Waals surface area contributed by atoms with Gasteiger partial charge in [-0.25, -0.2) is 10.2 Å². The van der Waals surface area contributed by atoms with Crippen LogP contribution < -0.4 is 10.2 Å². The lowest BCUT2D eigenvalue weighted by Gasteiger charge is -2.08. The Morgan fingerprint density at radius 2 is 1.64 bits per heavy atom. The van der Waals surface area contributed by atoms with Crippen LogP contribution >= 0.6 is 31.9 Å². The van der Waals surface area contributed by atoms with Crippen LogP contribution in [0, 0.1) is 0 Å². The van der Waals surface area contributed by atoms with E-state index >= 15 is 0 Å². The molecular weight excluding hydrogens is 488 g/mol. The average Bonchev–Trinajstić information content (AvgIpc) is 2.70. The molecule has 1 amide bonds. The van der Waals surface area contributed by atoms with Crippen LogP contribution in [0.4, 0.5) is 0 Å². The smallest absolute Gasteiger partial charge is 0.343 e. The van der Waals surface area contributed by atoms with E-state index in [-0.39, 0.29) is 5.91 Å². The molecular formula is C21H14Br2N2O3. The van der Waals surface area contributed by atoms with Crippen LogP contribution in [0.1, 0.15) is 26.3 Å². The first-order chi connectivity index (χ1) is 13.5. The first kappa shape index (κ1) is 20.0. The second-order valence-corrected chi connectivity index (χ2v) is 7.39. The third-order valence-corrected chi connectivity index (χ3v) is 4.86. The minimum atomic E-state index is -0.477. The van der Waals surface area contributed by atoms with Crippen LogP contribution in [0.3, 0.4) is 0 Å². The molecule has 140 valence electrons. The summed E-state index contributed by atoms with van der Waals surface area (Å²) < 4.78 is 6.93. The monoisotopic (exact) mass is 500 g/mol. The van der Waals surface area contributed by atoms with Gasteiger partial charge in [-0.2, -0.15) is 5.10 Å². The molecule has 3 rings (SSSR count). The molecule has 0 aliphatic heterocycles. The minimum Gasteiger partial charge on any atom is -0.422 e. The summed E-state index contributed by atoms with van der Waals surface area (Å²) in [6, 6.07) is 20.9. The van der Waals surface area contributed by atoms with Gasteiger partial charge in [0.25, 0.3) is 5.91 Å². The summed E-state index contributed by atoms with van der Waals surface area (Å²) in [6.45, 7) is 0. The summed E-state index contributed by atoms with van der Waals surface area (Å²) >= 11 is 6.71. The lowest BCUT2D eigenvalue weighted by molar-refractivity contribution is 0.0734. The predicted octanol–water partition coefficient (Wildman–Crippen LogP) is 5.19. The zero-order chi connectivity index (χ0) is 19.9. The number of rotatable bonds is 5. The molecule has 28 heavy (non-hydrogen) atoms. The van der Waals surface area contributed by atoms with Crippen molar-refractivity contribution in [3.05, 3.63) is 98.4 Å². The quantitative estimate of drug-likeness (QED) is 0.226. The number of nitrogens with zero attached hydrogens (tertiary/aromatic N) is 1. The third kappa shape index (κ3) is 5.15. The van der Waals surface area contributed by atoms with Crippen LogP contribution in [0.15, 0.2) is 86.8 Å². The van der Waals surface area contributed by atoms with Crippen LogP contribution in [0.25, 0.3) is 0 Å². The van der Waals surface area contributed by atoms with Crippen molar-refractivity contribution >= 4 is 50.0 Å². The molecule has 0 saturated carbocycles. The second kappa shape index (κ2) is 9.43. The van der Waals surface area contributed by atoms with Crippen LogP contribution in [0.2, 0.25) is 0 Å². The number of carbonyl (C=O) groups is 2. The summed E-state index contributed by atoms with van der Waals surface area (Å²) in [6.07, 6.45) is 1.42. The maximum atomic E-state index is 12.3. The predicted molar refractivity (Wildman–Crippen MR) is 115 cm³/mol. The van der Waals surface area contributed by atoms with Crippen LogP contribution in [-0.2, 0) is 0 Å². The Morgan fingerprint density at radius 3 is 2.39 bits per heavy atom. The Kier molecular flexibility index (Phi) is 6.73. The van der Waals surface area contributed by atoms with Gasteiger partial charge in [0, 0.05) is 14.5 Å². The molecule has 0 aliphatic rings. The maximum absolute atomic E-state index is 12.3. The number of amides is 1. The summed E-state index contributed by atoms with van der Waals surface area (Å²) in [5, 5.41) is 3.98. The standard InChI is InChI=1S/C21H14Br2N2O3/c22-16-10-11-19(28-21(27)14-6-2-1-3-7-14)15(12-16)13-24-25-20(26)17-8-4-5-9-18(17)23/h1-13H,(H,25,26)/b24-13+. The largest absolute Gasteiger partial charge is 0.422 e. The Bertz CT molecular complexity index is 1040. The number of benzene rings is 3. The van der Waals surface area contributed by atoms with Gasteiger partial charge in [-0.1, -0.05) is 46.3 Å². The van der Waals surface area contributed by atoms with E-state index in [1.807, 2.05) is 12.1 Å². The lowest BCUT2D eigenvalue weighted by atomic mass is 10.2. The highest BCUT2D eigenvalue weighted by Gasteiger charge is 2.12. The number of hydrogen-bond donors (Lipinski definition) is 1. The first-order valence-electron chi connectivity index (χ1n) is 8.19. The number of halogens is 2. The maximum Gasteiger partial charge on any atom is 0.343 e. The topological polar surface area (TPSA) is 67.8 Å². The molecule has 0 spiro atoms. The Hall–Kier alpha value is -2.77. The van der Waals surface area contributed by atoms with Gasteiger partial charge < -0.3 is 4.74 Å². The fourth-order valence-electron chi connectivity index (χ4n) is 2.31. The zero-order valence-corrected chi connectivity index (χ0v) is 17.6. The molecule has 1 N–H and O–H groups in total. The molecule has 0 radical (unpaired) electrons. The highest BCUT2D eigenvalue weighted by Crippen LogP contribution is 2.23. The minimum absolute atomic E-state index is 0.330. The summed E-state index contributed by atoms with van der Waals surface area (Å²) in [5.41, 5.74) is 3.90. The number of ether oxygens (including phenoxy) is 1. The van der Waals surface area contributed by atoms with Crippen molar-refractivity contribution < 1.29 is 14.3 Å². The molecule has 0 saturated heterocycles. The van der Waals surface area contributed by atoms with Gasteiger partial charge in [0.2, 0.25) is 0 Å². The Morgan fingerprint density at radius 1 is 0.929 bits per heavy atom. The summed E-state index contributed by atoms with van der Waals surface area (Å²) in [4.78, 5) is 24.5. The van der Waals surface area contributed by atoms with Crippen molar-refractivity contribution in [3.8, 4) is 5.75 Å². The zero-order valence-electron chi connectivity index (χ0n) is 14.4. The van der Waals surface area contributed by atoms with Crippen molar-refractivity contribution in [3.63, 3.8) is 0 Å². The van der Waals surface area contributed by atoms with Gasteiger partial charge in [-0.15, -0.1) is 0 Å². The molecule has 0 bridgehead atoms. The molecule has 7 heteroatoms. The third-order valence-electron chi connectivity index (χ3n) is 3.67. The van der Waals surface area contributed by atoms with Crippen molar-refractivity contribution in [2.45, 2.75) is 0 Å². The van der Waals surface area contributed by atoms with E-state index in [1.165, 1.54) is 6.21 Å². The normalized spacial score (nSPS) is 10.6. The molecule has 0 heterocycles. The first-order valence-corrected chi connectivity index (χ1v) is 9.78. The molecule has 3 aromatic rings. The molecule has 0 aromatic heterocycles. The number of hydrogen-bond acceptors (Lipinski definition) is 4. The highest BCUT2D eigenvalue weighted by atomic mass is 79.9. The van der Waals surface area contributed by atoms with E-state index in [0.717, 1.165) is 4.47 Å². The van der Waals surface area contributed by atoms with Gasteiger partial charge in [0.05, 0.1) is 17.3 Å². The molecule has 3 aromatic carbocycles. The van der Waals surface area contributed by atoms with Gasteiger partial charge in [0.1, 0.15) is 5.75 Å². The Balaban J connectivity index is 1.75. The fourth-order valence-corrected chi connectivity index (χ4v) is 3.16. The van der Waals surface area contributed by atoms with E-state index in [1.54, 1.807) is 60.7 Å². The highest BCUT2D eigenvalue weighted by molar-refractivity contribution is 9.10. The summed E-state index contributed by atoms with van der Waals surface area (Å²) in [5.74, 6) is -0.507. The number of nitrogens with one attached hydrogen (secondary N) is 1. The molecule has 0 aliphatic carbocycles. The molecule has 0 unspecified atom stereocenters. The molecule has 5 nitrogen and oxygen atoms in total. The van der Waals surface area contributed by atoms with Crippen LogP contribution in [0.5, 0.6) is 5.75 Å². The van der Waals surface area contributed by atoms with E-state index in [4.69, 9.17) is 4.74 Å². The fraction of sp³-hybridized carbons (Fsp3) is 0. The van der Waals surface area contributed by atoms with Crippen molar-refractivity contribution in [1.29, 1.82) is 0 Å². The lowest BCUT2D eigenvalue weighted by Crippen LogP contribution is -2.18. The van der Waals surface area contributed by atoms with E-state index in [0.29, 0.717) is 26.9 Å². The van der Waals surface area contributed by atoms with Crippen molar-refractivity contribution in [1.82, 2.24) is 5.43 Å². The molecule has 0 atom stereocenters.